The van der Waals surface area contributed by atoms with Gasteiger partial charge < -0.3 is 24.2 Å². The number of carbonyl (C=O) groups excluding carboxylic acids is 3. The minimum atomic E-state index is -4.77. The highest BCUT2D eigenvalue weighted by Gasteiger charge is 2.28. The molecule has 12 heteroatoms. The quantitative estimate of drug-likeness (QED) is 0.0197. The molecule has 0 spiro atoms. The molecular formula is C56H93O11P. The molecule has 0 fully saturated rings. The maximum absolute atomic E-state index is 12.8. The average molecular weight is 973 g/mol. The Morgan fingerprint density at radius 3 is 1.26 bits per heavy atom. The second kappa shape index (κ2) is 49.8. The van der Waals surface area contributed by atoms with E-state index in [2.05, 4.69) is 99.8 Å². The summed E-state index contributed by atoms with van der Waals surface area (Å²) in [6, 6.07) is 0. The molecule has 388 valence electrons. The van der Waals surface area contributed by atoms with Gasteiger partial charge >= 0.3 is 25.7 Å². The second-order valence-electron chi connectivity index (χ2n) is 16.9. The van der Waals surface area contributed by atoms with Crippen molar-refractivity contribution in [2.45, 2.75) is 213 Å². The number of rotatable bonds is 47. The predicted octanol–water partition coefficient (Wildman–Crippen LogP) is 14.9. The molecule has 3 atom stereocenters. The molecule has 0 saturated carbocycles. The third-order valence-electron chi connectivity index (χ3n) is 10.5. The molecule has 0 radical (unpaired) electrons. The van der Waals surface area contributed by atoms with Gasteiger partial charge in [0, 0.05) is 19.3 Å². The lowest BCUT2D eigenvalue weighted by Crippen LogP contribution is -2.30. The number of hydrogen-bond donors (Lipinski definition) is 2. The normalized spacial score (nSPS) is 14.2. The highest BCUT2D eigenvalue weighted by Crippen LogP contribution is 2.43. The Labute approximate surface area is 412 Å². The van der Waals surface area contributed by atoms with Crippen LogP contribution in [0.4, 0.5) is 0 Å². The van der Waals surface area contributed by atoms with Crippen LogP contribution in [-0.4, -0.2) is 66.5 Å². The van der Waals surface area contributed by atoms with Crippen LogP contribution >= 0.6 is 7.82 Å². The molecule has 3 unspecified atom stereocenters. The van der Waals surface area contributed by atoms with Gasteiger partial charge in [0.2, 0.25) is 0 Å². The van der Waals surface area contributed by atoms with E-state index in [1.165, 1.54) is 57.8 Å². The minimum absolute atomic E-state index is 0.0492. The largest absolute Gasteiger partial charge is 0.472 e. The van der Waals surface area contributed by atoms with Gasteiger partial charge in [0.05, 0.1) is 19.8 Å². The predicted molar refractivity (Wildman–Crippen MR) is 279 cm³/mol. The van der Waals surface area contributed by atoms with Gasteiger partial charge in [-0.2, -0.15) is 0 Å². The van der Waals surface area contributed by atoms with Crippen LogP contribution in [0.15, 0.2) is 97.2 Å². The first-order valence-corrected chi connectivity index (χ1v) is 27.6. The topological polar surface area (TPSA) is 155 Å². The van der Waals surface area contributed by atoms with E-state index >= 15 is 0 Å². The molecule has 0 aliphatic heterocycles. The number of aliphatic hydroxyl groups is 1. The first-order valence-electron chi connectivity index (χ1n) is 26.1. The molecule has 0 aromatic heterocycles. The van der Waals surface area contributed by atoms with Crippen molar-refractivity contribution in [2.24, 2.45) is 0 Å². The second-order valence-corrected chi connectivity index (χ2v) is 18.4. The van der Waals surface area contributed by atoms with Crippen molar-refractivity contribution >= 4 is 25.7 Å². The lowest BCUT2D eigenvalue weighted by atomic mass is 10.0. The molecule has 0 saturated heterocycles. The summed E-state index contributed by atoms with van der Waals surface area (Å²) in [5.41, 5.74) is 0. The van der Waals surface area contributed by atoms with Crippen molar-refractivity contribution in [3.05, 3.63) is 97.2 Å². The van der Waals surface area contributed by atoms with E-state index < -0.39 is 57.8 Å². The van der Waals surface area contributed by atoms with Gasteiger partial charge in [-0.1, -0.05) is 195 Å². The summed E-state index contributed by atoms with van der Waals surface area (Å²) in [7, 11) is -4.77. The van der Waals surface area contributed by atoms with Crippen LogP contribution in [0.2, 0.25) is 0 Å². The molecule has 11 nitrogen and oxygen atoms in total. The number of phosphoric ester groups is 1. The van der Waals surface area contributed by atoms with E-state index in [9.17, 15) is 28.9 Å². The fraction of sp³-hybridized carbons (Fsp3) is 0.661. The van der Waals surface area contributed by atoms with Gasteiger partial charge in [0.1, 0.15) is 12.7 Å². The van der Waals surface area contributed by atoms with E-state index in [0.717, 1.165) is 83.5 Å². The number of allylic oxidation sites excluding steroid dienone is 16. The zero-order chi connectivity index (χ0) is 49.9. The molecule has 0 aliphatic rings. The van der Waals surface area contributed by atoms with Gasteiger partial charge in [-0.15, -0.1) is 0 Å². The number of unbranched alkanes of at least 4 members (excludes halogenated alkanes) is 14. The van der Waals surface area contributed by atoms with Gasteiger partial charge in [-0.25, -0.2) is 4.57 Å². The smallest absolute Gasteiger partial charge is 0.462 e. The summed E-state index contributed by atoms with van der Waals surface area (Å²) in [6.07, 6.45) is 56.8. The SMILES string of the molecule is CC/C=C\C/C=C\C/C=C\C/C=C\CCCCC(=O)OC(COC(=O)CCCCCCCCCCCCCCC)COP(=O)(O)OCC(CO)OC(=O)CC/C=C\C/C=C\C/C=C\C/C=C\CC. The number of esters is 3. The molecule has 2 N–H and O–H groups in total. The van der Waals surface area contributed by atoms with Crippen molar-refractivity contribution < 1.29 is 52.2 Å². The number of aliphatic hydroxyl groups excluding tert-OH is 1. The van der Waals surface area contributed by atoms with Crippen molar-refractivity contribution in [2.75, 3.05) is 26.4 Å². The first kappa shape index (κ1) is 64.4. The molecule has 0 amide bonds. The maximum Gasteiger partial charge on any atom is 0.472 e. The number of hydrogen-bond acceptors (Lipinski definition) is 10. The van der Waals surface area contributed by atoms with Crippen LogP contribution in [0.3, 0.4) is 0 Å². The van der Waals surface area contributed by atoms with Crippen molar-refractivity contribution in [1.29, 1.82) is 0 Å². The zero-order valence-electron chi connectivity index (χ0n) is 42.5. The fourth-order valence-electron chi connectivity index (χ4n) is 6.59. The van der Waals surface area contributed by atoms with Gasteiger partial charge in [0.25, 0.3) is 0 Å². The van der Waals surface area contributed by atoms with Crippen LogP contribution in [0.1, 0.15) is 201 Å². The highest BCUT2D eigenvalue weighted by atomic mass is 31.2. The summed E-state index contributed by atoms with van der Waals surface area (Å²) >= 11 is 0. The maximum atomic E-state index is 12.8. The Morgan fingerprint density at radius 1 is 0.426 bits per heavy atom. The Morgan fingerprint density at radius 2 is 0.794 bits per heavy atom. The van der Waals surface area contributed by atoms with Crippen LogP contribution in [0.25, 0.3) is 0 Å². The summed E-state index contributed by atoms with van der Waals surface area (Å²) in [5, 5.41) is 9.76. The third-order valence-corrected chi connectivity index (χ3v) is 11.5. The van der Waals surface area contributed by atoms with Crippen molar-refractivity contribution in [3.8, 4) is 0 Å². The van der Waals surface area contributed by atoms with E-state index in [-0.39, 0.29) is 25.9 Å². The van der Waals surface area contributed by atoms with E-state index in [1.807, 2.05) is 18.2 Å². The average Bonchev–Trinajstić information content (AvgIpc) is 3.32. The summed E-state index contributed by atoms with van der Waals surface area (Å²) in [4.78, 5) is 48.3. The van der Waals surface area contributed by atoms with Gasteiger partial charge in [-0.3, -0.25) is 23.4 Å². The van der Waals surface area contributed by atoms with Crippen LogP contribution in [0.5, 0.6) is 0 Å². The van der Waals surface area contributed by atoms with Crippen molar-refractivity contribution in [1.82, 2.24) is 0 Å². The first-order chi connectivity index (χ1) is 33.2. The third kappa shape index (κ3) is 47.5. The fourth-order valence-corrected chi connectivity index (χ4v) is 7.38. The molecule has 0 aromatic carbocycles. The summed E-state index contributed by atoms with van der Waals surface area (Å²) in [5.74, 6) is -1.61. The Bertz CT molecular complexity index is 1510. The van der Waals surface area contributed by atoms with Crippen LogP contribution in [-0.2, 0) is 42.2 Å². The standard InChI is InChI=1S/C56H93O11P/c1-4-7-10-13-16-19-22-25-26-29-32-35-38-41-44-47-56(60)67-53(49-63-54(58)45-42-39-36-33-30-27-23-20-17-14-11-8-5-2)51-65-68(61,62)64-50-52(48-57)66-55(59)46-43-40-37-34-31-28-24-21-18-15-12-9-6-3/h7,9-10,12,16,18-19,21,25-26,28,31-32,35,37,40,52-53,57H,4-6,8,11,13-15,17,20,22-24,27,29-30,33-34,36,38-39,41-51H2,1-3H3,(H,61,62)/b10-7-,12-9-,19-16-,21-18-,26-25-,31-28-,35-32-,40-37-. The lowest BCUT2D eigenvalue weighted by molar-refractivity contribution is -0.161. The van der Waals surface area contributed by atoms with E-state index in [1.54, 1.807) is 0 Å². The number of phosphoric acid groups is 1. The molecule has 0 aliphatic carbocycles. The van der Waals surface area contributed by atoms with Crippen molar-refractivity contribution in [3.63, 3.8) is 0 Å². The minimum Gasteiger partial charge on any atom is -0.462 e. The van der Waals surface area contributed by atoms with E-state index in [4.69, 9.17) is 23.3 Å². The van der Waals surface area contributed by atoms with Gasteiger partial charge in [-0.05, 0) is 83.5 Å². The van der Waals surface area contributed by atoms with E-state index in [0.29, 0.717) is 19.3 Å². The summed E-state index contributed by atoms with van der Waals surface area (Å²) < 4.78 is 39.2. The number of ether oxygens (including phenoxy) is 3. The highest BCUT2D eigenvalue weighted by molar-refractivity contribution is 7.47. The monoisotopic (exact) mass is 973 g/mol. The number of carbonyl (C=O) groups is 3. The Balaban J connectivity index is 4.88. The molecule has 0 aromatic rings. The van der Waals surface area contributed by atoms with Crippen LogP contribution < -0.4 is 0 Å². The molecule has 0 rings (SSSR count). The van der Waals surface area contributed by atoms with Gasteiger partial charge in [0.15, 0.2) is 6.10 Å². The zero-order valence-corrected chi connectivity index (χ0v) is 43.4. The molecule has 0 heterocycles. The molecule has 68 heavy (non-hydrogen) atoms. The lowest BCUT2D eigenvalue weighted by Gasteiger charge is -2.21. The Hall–Kier alpha value is -3.60. The summed E-state index contributed by atoms with van der Waals surface area (Å²) in [6.45, 7) is 4.26. The Kier molecular flexibility index (Phi) is 47.2. The van der Waals surface area contributed by atoms with Crippen LogP contribution in [0, 0.1) is 0 Å². The molecule has 0 bridgehead atoms. The molecular weight excluding hydrogens is 880 g/mol.